The Balaban J connectivity index is 1.47. The number of fused-ring (bicyclic) bond motifs is 1. The van der Waals surface area contributed by atoms with Crippen LogP contribution in [0, 0.1) is 0 Å². The molecule has 3 aromatic carbocycles. The molecule has 0 aliphatic heterocycles. The second kappa shape index (κ2) is 9.62. The number of amides is 1. The highest BCUT2D eigenvalue weighted by molar-refractivity contribution is 7.99. The van der Waals surface area contributed by atoms with Crippen molar-refractivity contribution >= 4 is 45.9 Å². The van der Waals surface area contributed by atoms with Gasteiger partial charge in [-0.3, -0.25) is 9.36 Å². The highest BCUT2D eigenvalue weighted by Gasteiger charge is 2.20. The minimum Gasteiger partial charge on any atom is -0.497 e. The third kappa shape index (κ3) is 4.50. The molecule has 2 heterocycles. The van der Waals surface area contributed by atoms with Crippen LogP contribution in [0.25, 0.3) is 28.0 Å². The van der Waals surface area contributed by atoms with Gasteiger partial charge < -0.3 is 15.0 Å². The number of ether oxygens (including phenoxy) is 1. The van der Waals surface area contributed by atoms with Gasteiger partial charge in [0.15, 0.2) is 11.0 Å². The Labute approximate surface area is 205 Å². The lowest BCUT2D eigenvalue weighted by atomic mass is 10.1. The monoisotopic (exact) mass is 489 g/mol. The summed E-state index contributed by atoms with van der Waals surface area (Å²) in [6.45, 7) is 0. The standard InChI is InChI=1S/C25H20ClN5O2S/c1-33-19-11-9-18(10-12-19)31-24(21-14-27-22-8-3-2-7-20(21)22)29-30-25(31)34-15-23(32)28-17-6-4-5-16(26)13-17/h2-14,27H,15H2,1H3,(H,28,32). The summed E-state index contributed by atoms with van der Waals surface area (Å²) in [5.74, 6) is 1.43. The first-order chi connectivity index (χ1) is 16.6. The average molecular weight is 490 g/mol. The highest BCUT2D eigenvalue weighted by Crippen LogP contribution is 2.33. The van der Waals surface area contributed by atoms with Crippen molar-refractivity contribution in [1.29, 1.82) is 0 Å². The zero-order chi connectivity index (χ0) is 23.5. The molecule has 0 spiro atoms. The van der Waals surface area contributed by atoms with Gasteiger partial charge in [0.1, 0.15) is 5.75 Å². The van der Waals surface area contributed by atoms with E-state index < -0.39 is 0 Å². The van der Waals surface area contributed by atoms with E-state index in [0.717, 1.165) is 27.9 Å². The van der Waals surface area contributed by atoms with Crippen LogP contribution in [0.15, 0.2) is 84.1 Å². The van der Waals surface area contributed by atoms with Gasteiger partial charge in [-0.1, -0.05) is 47.6 Å². The van der Waals surface area contributed by atoms with Crippen LogP contribution in [0.1, 0.15) is 0 Å². The number of thioether (sulfide) groups is 1. The number of carbonyl (C=O) groups excluding carboxylic acids is 1. The molecule has 0 fully saturated rings. The van der Waals surface area contributed by atoms with Crippen LogP contribution in [-0.2, 0) is 4.79 Å². The molecule has 2 N–H and O–H groups in total. The van der Waals surface area contributed by atoms with Gasteiger partial charge >= 0.3 is 0 Å². The number of carbonyl (C=O) groups is 1. The summed E-state index contributed by atoms with van der Waals surface area (Å²) in [6.07, 6.45) is 1.93. The number of benzene rings is 3. The maximum absolute atomic E-state index is 12.6. The Bertz CT molecular complexity index is 1460. The summed E-state index contributed by atoms with van der Waals surface area (Å²) >= 11 is 7.32. The molecule has 1 amide bonds. The number of methoxy groups -OCH3 is 1. The number of nitrogens with one attached hydrogen (secondary N) is 2. The fourth-order valence-corrected chi connectivity index (χ4v) is 4.59. The molecule has 5 rings (SSSR count). The van der Waals surface area contributed by atoms with Crippen molar-refractivity contribution in [2.45, 2.75) is 5.16 Å². The number of aromatic amines is 1. The van der Waals surface area contributed by atoms with E-state index in [2.05, 4.69) is 20.5 Å². The van der Waals surface area contributed by atoms with Crippen LogP contribution < -0.4 is 10.1 Å². The first-order valence-corrected chi connectivity index (χ1v) is 11.8. The third-order valence-electron chi connectivity index (χ3n) is 5.23. The van der Waals surface area contributed by atoms with Crippen molar-refractivity contribution in [3.05, 3.63) is 84.0 Å². The van der Waals surface area contributed by atoms with Crippen molar-refractivity contribution in [3.8, 4) is 22.8 Å². The average Bonchev–Trinajstić information content (AvgIpc) is 3.47. The van der Waals surface area contributed by atoms with E-state index in [9.17, 15) is 4.79 Å². The summed E-state index contributed by atoms with van der Waals surface area (Å²) in [5, 5.41) is 14.0. The lowest BCUT2D eigenvalue weighted by Crippen LogP contribution is -2.14. The molecule has 2 aromatic heterocycles. The molecule has 0 aliphatic rings. The molecule has 0 saturated carbocycles. The largest absolute Gasteiger partial charge is 0.497 e. The quantitative estimate of drug-likeness (QED) is 0.282. The van der Waals surface area contributed by atoms with E-state index in [0.29, 0.717) is 21.7 Å². The van der Waals surface area contributed by atoms with E-state index in [1.54, 1.807) is 31.4 Å². The van der Waals surface area contributed by atoms with Crippen LogP contribution in [0.3, 0.4) is 0 Å². The Hall–Kier alpha value is -3.75. The van der Waals surface area contributed by atoms with Crippen LogP contribution in [-0.4, -0.2) is 38.5 Å². The van der Waals surface area contributed by atoms with Crippen molar-refractivity contribution in [1.82, 2.24) is 19.7 Å². The molecule has 0 unspecified atom stereocenters. The number of hydrogen-bond acceptors (Lipinski definition) is 5. The summed E-state index contributed by atoms with van der Waals surface area (Å²) < 4.78 is 7.26. The second-order valence-electron chi connectivity index (χ2n) is 7.43. The molecule has 170 valence electrons. The summed E-state index contributed by atoms with van der Waals surface area (Å²) in [4.78, 5) is 15.9. The van der Waals surface area contributed by atoms with E-state index in [-0.39, 0.29) is 11.7 Å². The molecule has 34 heavy (non-hydrogen) atoms. The fourth-order valence-electron chi connectivity index (χ4n) is 3.65. The Morgan fingerprint density at radius 2 is 1.91 bits per heavy atom. The van der Waals surface area contributed by atoms with Crippen LogP contribution in [0.5, 0.6) is 5.75 Å². The predicted molar refractivity (Wildman–Crippen MR) is 136 cm³/mol. The molecular weight excluding hydrogens is 470 g/mol. The molecule has 9 heteroatoms. The molecule has 5 aromatic rings. The van der Waals surface area contributed by atoms with E-state index >= 15 is 0 Å². The molecule has 0 bridgehead atoms. The third-order valence-corrected chi connectivity index (χ3v) is 6.40. The lowest BCUT2D eigenvalue weighted by Gasteiger charge is -2.11. The molecule has 0 radical (unpaired) electrons. The maximum Gasteiger partial charge on any atom is 0.234 e. The zero-order valence-electron chi connectivity index (χ0n) is 18.2. The van der Waals surface area contributed by atoms with Gasteiger partial charge in [-0.05, 0) is 48.5 Å². The Morgan fingerprint density at radius 3 is 2.71 bits per heavy atom. The lowest BCUT2D eigenvalue weighted by molar-refractivity contribution is -0.113. The molecular formula is C25H20ClN5O2S. The van der Waals surface area contributed by atoms with E-state index in [1.807, 2.05) is 59.3 Å². The first kappa shape index (κ1) is 22.1. The smallest absolute Gasteiger partial charge is 0.234 e. The SMILES string of the molecule is COc1ccc(-n2c(SCC(=O)Nc3cccc(Cl)c3)nnc2-c2c[nH]c3ccccc23)cc1. The molecule has 0 saturated heterocycles. The molecule has 7 nitrogen and oxygen atoms in total. The number of hydrogen-bond donors (Lipinski definition) is 2. The van der Waals surface area contributed by atoms with Gasteiger partial charge in [-0.25, -0.2) is 0 Å². The van der Waals surface area contributed by atoms with Gasteiger partial charge in [0.05, 0.1) is 12.9 Å². The maximum atomic E-state index is 12.6. The van der Waals surface area contributed by atoms with E-state index in [1.165, 1.54) is 11.8 Å². The number of nitrogens with zero attached hydrogens (tertiary/aromatic N) is 3. The number of H-pyrrole nitrogens is 1. The van der Waals surface area contributed by atoms with Gasteiger partial charge in [0.2, 0.25) is 5.91 Å². The second-order valence-corrected chi connectivity index (χ2v) is 8.81. The van der Waals surface area contributed by atoms with Gasteiger partial charge in [-0.2, -0.15) is 0 Å². The number of halogens is 1. The number of aromatic nitrogens is 4. The zero-order valence-corrected chi connectivity index (χ0v) is 19.7. The van der Waals surface area contributed by atoms with Crippen molar-refractivity contribution in [2.75, 3.05) is 18.2 Å². The Morgan fingerprint density at radius 1 is 1.09 bits per heavy atom. The van der Waals surface area contributed by atoms with Crippen molar-refractivity contribution in [3.63, 3.8) is 0 Å². The van der Waals surface area contributed by atoms with Crippen LogP contribution in [0.4, 0.5) is 5.69 Å². The predicted octanol–water partition coefficient (Wildman–Crippen LogP) is 5.81. The number of rotatable bonds is 7. The van der Waals surface area contributed by atoms with Gasteiger partial charge in [0.25, 0.3) is 0 Å². The Kier molecular flexibility index (Phi) is 6.24. The van der Waals surface area contributed by atoms with Gasteiger partial charge in [0, 0.05) is 39.1 Å². The fraction of sp³-hybridized carbons (Fsp3) is 0.0800. The number of para-hydroxylation sites is 1. The molecule has 0 atom stereocenters. The summed E-state index contributed by atoms with van der Waals surface area (Å²) in [5.41, 5.74) is 3.45. The van der Waals surface area contributed by atoms with E-state index in [4.69, 9.17) is 16.3 Å². The minimum atomic E-state index is -0.162. The van der Waals surface area contributed by atoms with Gasteiger partial charge in [-0.15, -0.1) is 10.2 Å². The van der Waals surface area contributed by atoms with Crippen molar-refractivity contribution < 1.29 is 9.53 Å². The minimum absolute atomic E-state index is 0.161. The summed E-state index contributed by atoms with van der Waals surface area (Å²) in [7, 11) is 1.63. The normalized spacial score (nSPS) is 11.0. The van der Waals surface area contributed by atoms with Crippen LogP contribution >= 0.6 is 23.4 Å². The number of anilines is 1. The van der Waals surface area contributed by atoms with Crippen molar-refractivity contribution in [2.24, 2.45) is 0 Å². The van der Waals surface area contributed by atoms with Crippen LogP contribution in [0.2, 0.25) is 5.02 Å². The molecule has 0 aliphatic carbocycles. The topological polar surface area (TPSA) is 84.8 Å². The highest BCUT2D eigenvalue weighted by atomic mass is 35.5. The summed E-state index contributed by atoms with van der Waals surface area (Å²) in [6, 6.07) is 22.7. The first-order valence-electron chi connectivity index (χ1n) is 10.5.